The van der Waals surface area contributed by atoms with Crippen LogP contribution in [-0.2, 0) is 19.6 Å². The Hall–Kier alpha value is -0.660. The van der Waals surface area contributed by atoms with Gasteiger partial charge in [-0.1, -0.05) is 0 Å². The van der Waals surface area contributed by atoms with Crippen LogP contribution in [0.4, 0.5) is 0 Å². The third-order valence-electron chi connectivity index (χ3n) is 4.49. The molecule has 7 heteroatoms. The number of methoxy groups -OCH3 is 1. The smallest absolute Gasteiger partial charge is 0.305 e. The number of carbonyl (C=O) groups excluding carboxylic acids is 1. The summed E-state index contributed by atoms with van der Waals surface area (Å²) in [5.74, 6) is 0.112. The van der Waals surface area contributed by atoms with E-state index >= 15 is 0 Å². The standard InChI is InChI=1S/C14H26N2O4S/c1-20-14(17)7-4-10-21(18,19)16-9-3-5-12(11-16)13-6-2-8-15-13/h12-13,15H,2-11H2,1H3. The van der Waals surface area contributed by atoms with Crippen molar-refractivity contribution in [3.05, 3.63) is 0 Å². The average Bonchev–Trinajstić information content (AvgIpc) is 3.01. The fraction of sp³-hybridized carbons (Fsp3) is 0.929. The van der Waals surface area contributed by atoms with Gasteiger partial charge in [0, 0.05) is 25.6 Å². The minimum atomic E-state index is -3.25. The molecule has 21 heavy (non-hydrogen) atoms. The number of piperidine rings is 1. The zero-order valence-corrected chi connectivity index (χ0v) is 13.5. The summed E-state index contributed by atoms with van der Waals surface area (Å²) in [6.07, 6.45) is 4.87. The molecule has 2 atom stereocenters. The molecule has 0 spiro atoms. The molecule has 2 rings (SSSR count). The molecule has 0 aromatic rings. The Bertz CT molecular complexity index is 446. The number of esters is 1. The Balaban J connectivity index is 1.85. The van der Waals surface area contributed by atoms with Crippen LogP contribution in [0.15, 0.2) is 0 Å². The summed E-state index contributed by atoms with van der Waals surface area (Å²) in [6.45, 7) is 2.29. The Morgan fingerprint density at radius 3 is 2.81 bits per heavy atom. The lowest BCUT2D eigenvalue weighted by Crippen LogP contribution is -2.46. The predicted molar refractivity (Wildman–Crippen MR) is 80.4 cm³/mol. The predicted octanol–water partition coefficient (Wildman–Crippen LogP) is 0.733. The quantitative estimate of drug-likeness (QED) is 0.731. The first-order valence-corrected chi connectivity index (χ1v) is 9.42. The number of nitrogens with zero attached hydrogens (tertiary/aromatic N) is 1. The van der Waals surface area contributed by atoms with Crippen molar-refractivity contribution in [1.82, 2.24) is 9.62 Å². The van der Waals surface area contributed by atoms with Crippen molar-refractivity contribution in [1.29, 1.82) is 0 Å². The second-order valence-corrected chi connectivity index (χ2v) is 8.05. The Labute approximate surface area is 127 Å². The van der Waals surface area contributed by atoms with Crippen LogP contribution >= 0.6 is 0 Å². The maximum atomic E-state index is 12.4. The van der Waals surface area contributed by atoms with Crippen molar-refractivity contribution >= 4 is 16.0 Å². The highest BCUT2D eigenvalue weighted by atomic mass is 32.2. The summed E-state index contributed by atoms with van der Waals surface area (Å²) in [5.41, 5.74) is 0. The van der Waals surface area contributed by atoms with E-state index in [2.05, 4.69) is 10.1 Å². The van der Waals surface area contributed by atoms with Gasteiger partial charge in [-0.05, 0) is 44.6 Å². The molecule has 2 aliphatic rings. The molecule has 2 unspecified atom stereocenters. The largest absolute Gasteiger partial charge is 0.469 e. The SMILES string of the molecule is COC(=O)CCCS(=O)(=O)N1CCCC(C2CCCN2)C1. The third kappa shape index (κ3) is 4.66. The summed E-state index contributed by atoms with van der Waals surface area (Å²) in [6, 6.07) is 0.470. The number of hydrogen-bond donors (Lipinski definition) is 1. The first-order valence-electron chi connectivity index (χ1n) is 7.81. The van der Waals surface area contributed by atoms with Crippen LogP contribution in [0, 0.1) is 5.92 Å². The van der Waals surface area contributed by atoms with Crippen molar-refractivity contribution in [2.45, 2.75) is 44.6 Å². The summed E-state index contributed by atoms with van der Waals surface area (Å²) >= 11 is 0. The Morgan fingerprint density at radius 2 is 2.14 bits per heavy atom. The van der Waals surface area contributed by atoms with Gasteiger partial charge < -0.3 is 10.1 Å². The van der Waals surface area contributed by atoms with Gasteiger partial charge in [-0.25, -0.2) is 12.7 Å². The number of sulfonamides is 1. The van der Waals surface area contributed by atoms with Gasteiger partial charge in [-0.3, -0.25) is 4.79 Å². The minimum absolute atomic E-state index is 0.0346. The second-order valence-electron chi connectivity index (χ2n) is 5.96. The van der Waals surface area contributed by atoms with Crippen LogP contribution in [0.25, 0.3) is 0 Å². The van der Waals surface area contributed by atoms with Gasteiger partial charge in [0.15, 0.2) is 0 Å². The lowest BCUT2D eigenvalue weighted by molar-refractivity contribution is -0.140. The van der Waals surface area contributed by atoms with Crippen molar-refractivity contribution < 1.29 is 17.9 Å². The summed E-state index contributed by atoms with van der Waals surface area (Å²) in [5, 5.41) is 3.48. The van der Waals surface area contributed by atoms with E-state index in [0.717, 1.165) is 25.8 Å². The van der Waals surface area contributed by atoms with E-state index in [0.29, 0.717) is 31.5 Å². The molecule has 122 valence electrons. The van der Waals surface area contributed by atoms with Gasteiger partial charge in [0.05, 0.1) is 12.9 Å². The fourth-order valence-electron chi connectivity index (χ4n) is 3.30. The van der Waals surface area contributed by atoms with E-state index in [-0.39, 0.29) is 18.1 Å². The van der Waals surface area contributed by atoms with Gasteiger partial charge in [0.25, 0.3) is 0 Å². The molecular weight excluding hydrogens is 292 g/mol. The lowest BCUT2D eigenvalue weighted by Gasteiger charge is -2.35. The monoisotopic (exact) mass is 318 g/mol. The van der Waals surface area contributed by atoms with Crippen molar-refractivity contribution in [3.8, 4) is 0 Å². The number of ether oxygens (including phenoxy) is 1. The molecule has 1 N–H and O–H groups in total. The molecule has 0 amide bonds. The van der Waals surface area contributed by atoms with Gasteiger partial charge in [0.1, 0.15) is 0 Å². The molecule has 2 saturated heterocycles. The van der Waals surface area contributed by atoms with Crippen molar-refractivity contribution in [2.24, 2.45) is 5.92 Å². The average molecular weight is 318 g/mol. The van der Waals surface area contributed by atoms with Crippen LogP contribution in [0.5, 0.6) is 0 Å². The van der Waals surface area contributed by atoms with Crippen LogP contribution in [-0.4, -0.2) is 57.2 Å². The number of carbonyl (C=O) groups is 1. The van der Waals surface area contributed by atoms with E-state index in [9.17, 15) is 13.2 Å². The molecule has 0 radical (unpaired) electrons. The number of rotatable bonds is 6. The molecule has 0 aromatic carbocycles. The Kier molecular flexibility index (Phi) is 6.01. The molecule has 0 aromatic heterocycles. The molecule has 2 aliphatic heterocycles. The number of hydrogen-bond acceptors (Lipinski definition) is 5. The molecule has 0 saturated carbocycles. The highest BCUT2D eigenvalue weighted by Crippen LogP contribution is 2.26. The first kappa shape index (κ1) is 16.7. The van der Waals surface area contributed by atoms with E-state index < -0.39 is 10.0 Å². The highest BCUT2D eigenvalue weighted by Gasteiger charge is 2.33. The highest BCUT2D eigenvalue weighted by molar-refractivity contribution is 7.89. The van der Waals surface area contributed by atoms with Crippen molar-refractivity contribution in [3.63, 3.8) is 0 Å². The van der Waals surface area contributed by atoms with Crippen LogP contribution in [0.2, 0.25) is 0 Å². The van der Waals surface area contributed by atoms with Crippen LogP contribution in [0.1, 0.15) is 38.5 Å². The van der Waals surface area contributed by atoms with Gasteiger partial charge >= 0.3 is 5.97 Å². The molecule has 0 bridgehead atoms. The topological polar surface area (TPSA) is 75.7 Å². The second kappa shape index (κ2) is 7.56. The van der Waals surface area contributed by atoms with E-state index in [1.165, 1.54) is 13.5 Å². The van der Waals surface area contributed by atoms with E-state index in [1.54, 1.807) is 4.31 Å². The van der Waals surface area contributed by atoms with Gasteiger partial charge in [0.2, 0.25) is 10.0 Å². The molecule has 0 aliphatic carbocycles. The molecular formula is C14H26N2O4S. The molecule has 2 fully saturated rings. The van der Waals surface area contributed by atoms with Gasteiger partial charge in [-0.2, -0.15) is 0 Å². The van der Waals surface area contributed by atoms with Crippen molar-refractivity contribution in [2.75, 3.05) is 32.5 Å². The maximum absolute atomic E-state index is 12.4. The summed E-state index contributed by atoms with van der Waals surface area (Å²) in [7, 11) is -1.93. The van der Waals surface area contributed by atoms with Crippen LogP contribution < -0.4 is 5.32 Å². The Morgan fingerprint density at radius 1 is 1.33 bits per heavy atom. The zero-order valence-electron chi connectivity index (χ0n) is 12.7. The normalized spacial score (nSPS) is 27.7. The lowest BCUT2D eigenvalue weighted by atomic mass is 9.91. The van der Waals surface area contributed by atoms with Crippen LogP contribution in [0.3, 0.4) is 0 Å². The minimum Gasteiger partial charge on any atom is -0.469 e. The summed E-state index contributed by atoms with van der Waals surface area (Å²) in [4.78, 5) is 11.1. The fourth-order valence-corrected chi connectivity index (χ4v) is 4.89. The van der Waals surface area contributed by atoms with E-state index in [4.69, 9.17) is 0 Å². The van der Waals surface area contributed by atoms with Gasteiger partial charge in [-0.15, -0.1) is 0 Å². The molecule has 6 nitrogen and oxygen atoms in total. The molecule has 2 heterocycles. The maximum Gasteiger partial charge on any atom is 0.305 e. The summed E-state index contributed by atoms with van der Waals surface area (Å²) < 4.78 is 30.9. The third-order valence-corrected chi connectivity index (χ3v) is 6.42. The zero-order chi connectivity index (χ0) is 15.3. The number of nitrogens with one attached hydrogen (secondary N) is 1. The van der Waals surface area contributed by atoms with E-state index in [1.807, 2.05) is 0 Å². The first-order chi connectivity index (χ1) is 10.0.